The van der Waals surface area contributed by atoms with Crippen LogP contribution >= 0.6 is 15.9 Å². The maximum absolute atomic E-state index is 12.1. The Morgan fingerprint density at radius 2 is 1.83 bits per heavy atom. The van der Waals surface area contributed by atoms with Gasteiger partial charge in [0.05, 0.1) is 10.8 Å². The van der Waals surface area contributed by atoms with E-state index in [4.69, 9.17) is 5.73 Å². The van der Waals surface area contributed by atoms with Gasteiger partial charge in [-0.05, 0) is 42.3 Å². The summed E-state index contributed by atoms with van der Waals surface area (Å²) in [6.07, 6.45) is 0.791. The van der Waals surface area contributed by atoms with E-state index >= 15 is 0 Å². The summed E-state index contributed by atoms with van der Waals surface area (Å²) in [6, 6.07) is 15.3. The van der Waals surface area contributed by atoms with Crippen molar-refractivity contribution in [3.63, 3.8) is 0 Å². The highest BCUT2D eigenvalue weighted by atomic mass is 79.9. The summed E-state index contributed by atoms with van der Waals surface area (Å²) in [7, 11) is -0.961. The lowest BCUT2D eigenvalue weighted by molar-refractivity contribution is 0.682. The largest absolute Gasteiger partial charge is 0.399 e. The monoisotopic (exact) mass is 323 g/mol. The van der Waals surface area contributed by atoms with Crippen LogP contribution in [-0.4, -0.2) is 9.96 Å². The number of nitrogens with two attached hydrogens (primary N) is 1. The predicted octanol–water partition coefficient (Wildman–Crippen LogP) is 3.38. The van der Waals surface area contributed by atoms with Crippen LogP contribution in [0.5, 0.6) is 0 Å². The number of benzene rings is 2. The van der Waals surface area contributed by atoms with Gasteiger partial charge in [-0.1, -0.05) is 34.1 Å². The summed E-state index contributed by atoms with van der Waals surface area (Å²) in [5.41, 5.74) is 7.54. The first-order chi connectivity index (χ1) is 8.65. The van der Waals surface area contributed by atoms with Gasteiger partial charge >= 0.3 is 0 Å². The van der Waals surface area contributed by atoms with Crippen LogP contribution in [0.25, 0.3) is 0 Å². The molecule has 0 saturated carbocycles. The molecule has 94 valence electrons. The summed E-state index contributed by atoms with van der Waals surface area (Å²) in [4.78, 5) is 0.861. The molecule has 0 aliphatic heterocycles. The van der Waals surface area contributed by atoms with Gasteiger partial charge in [0, 0.05) is 20.8 Å². The van der Waals surface area contributed by atoms with Crippen LogP contribution in [0.4, 0.5) is 5.69 Å². The van der Waals surface area contributed by atoms with E-state index in [9.17, 15) is 4.21 Å². The minimum atomic E-state index is -0.961. The molecular weight excluding hydrogens is 310 g/mol. The van der Waals surface area contributed by atoms with Crippen LogP contribution in [0.3, 0.4) is 0 Å². The van der Waals surface area contributed by atoms with Crippen molar-refractivity contribution >= 4 is 32.4 Å². The van der Waals surface area contributed by atoms with Gasteiger partial charge in [0.2, 0.25) is 0 Å². The molecule has 2 nitrogen and oxygen atoms in total. The van der Waals surface area contributed by atoms with Crippen molar-refractivity contribution in [2.75, 3.05) is 11.5 Å². The van der Waals surface area contributed by atoms with Crippen molar-refractivity contribution in [1.29, 1.82) is 0 Å². The molecule has 0 radical (unpaired) electrons. The number of halogens is 1. The van der Waals surface area contributed by atoms with Crippen LogP contribution < -0.4 is 5.73 Å². The van der Waals surface area contributed by atoms with Gasteiger partial charge in [-0.2, -0.15) is 0 Å². The first-order valence-corrected chi connectivity index (χ1v) is 7.75. The first kappa shape index (κ1) is 13.3. The van der Waals surface area contributed by atoms with Crippen LogP contribution in [0, 0.1) is 0 Å². The SMILES string of the molecule is Nc1ccc(CCS(=O)c2cccc(Br)c2)cc1. The van der Waals surface area contributed by atoms with E-state index in [0.29, 0.717) is 5.75 Å². The Kier molecular flexibility index (Phi) is 4.55. The second-order valence-corrected chi connectivity index (χ2v) is 6.48. The Morgan fingerprint density at radius 1 is 1.11 bits per heavy atom. The quantitative estimate of drug-likeness (QED) is 0.876. The Balaban J connectivity index is 1.98. The highest BCUT2D eigenvalue weighted by Crippen LogP contribution is 2.16. The lowest BCUT2D eigenvalue weighted by Crippen LogP contribution is -2.01. The van der Waals surface area contributed by atoms with Crippen LogP contribution in [0.1, 0.15) is 5.56 Å². The third-order valence-corrected chi connectivity index (χ3v) is 4.46. The van der Waals surface area contributed by atoms with E-state index in [-0.39, 0.29) is 0 Å². The van der Waals surface area contributed by atoms with Gasteiger partial charge in [-0.3, -0.25) is 4.21 Å². The maximum atomic E-state index is 12.1. The number of anilines is 1. The minimum Gasteiger partial charge on any atom is -0.399 e. The number of aryl methyl sites for hydroxylation is 1. The molecule has 0 aliphatic rings. The molecule has 1 unspecified atom stereocenters. The molecule has 0 saturated heterocycles. The molecule has 2 N–H and O–H groups in total. The standard InChI is InChI=1S/C14H14BrNOS/c15-12-2-1-3-14(10-12)18(17)9-8-11-4-6-13(16)7-5-11/h1-7,10H,8-9,16H2. The molecule has 0 fully saturated rings. The van der Waals surface area contributed by atoms with E-state index in [1.807, 2.05) is 48.5 Å². The normalized spacial score (nSPS) is 12.3. The fraction of sp³-hybridized carbons (Fsp3) is 0.143. The van der Waals surface area contributed by atoms with Crippen molar-refractivity contribution in [3.05, 3.63) is 58.6 Å². The molecular formula is C14H14BrNOS. The molecule has 0 heterocycles. The van der Waals surface area contributed by atoms with E-state index in [1.54, 1.807) is 0 Å². The Labute approximate surface area is 118 Å². The lowest BCUT2D eigenvalue weighted by Gasteiger charge is -2.04. The van der Waals surface area contributed by atoms with Crippen molar-refractivity contribution in [1.82, 2.24) is 0 Å². The summed E-state index contributed by atoms with van der Waals surface area (Å²) >= 11 is 3.39. The fourth-order valence-corrected chi connectivity index (χ4v) is 3.32. The molecule has 2 rings (SSSR count). The van der Waals surface area contributed by atoms with E-state index in [2.05, 4.69) is 15.9 Å². The van der Waals surface area contributed by atoms with E-state index in [0.717, 1.165) is 27.0 Å². The van der Waals surface area contributed by atoms with Crippen LogP contribution in [0.2, 0.25) is 0 Å². The van der Waals surface area contributed by atoms with E-state index in [1.165, 1.54) is 0 Å². The summed E-state index contributed by atoms with van der Waals surface area (Å²) in [6.45, 7) is 0. The van der Waals surface area contributed by atoms with Crippen molar-refractivity contribution in [2.45, 2.75) is 11.3 Å². The zero-order chi connectivity index (χ0) is 13.0. The molecule has 0 aromatic heterocycles. The van der Waals surface area contributed by atoms with Gasteiger partial charge < -0.3 is 5.73 Å². The molecule has 2 aromatic carbocycles. The molecule has 0 spiro atoms. The van der Waals surface area contributed by atoms with Crippen molar-refractivity contribution in [3.8, 4) is 0 Å². The third kappa shape index (κ3) is 3.68. The topological polar surface area (TPSA) is 43.1 Å². The van der Waals surface area contributed by atoms with Gasteiger partial charge in [-0.25, -0.2) is 0 Å². The van der Waals surface area contributed by atoms with Gasteiger partial charge in [0.1, 0.15) is 0 Å². The third-order valence-electron chi connectivity index (χ3n) is 2.61. The van der Waals surface area contributed by atoms with Gasteiger partial charge in [-0.15, -0.1) is 0 Å². The summed E-state index contributed by atoms with van der Waals surface area (Å²) < 4.78 is 13.1. The smallest absolute Gasteiger partial charge is 0.0533 e. The zero-order valence-electron chi connectivity index (χ0n) is 9.80. The molecule has 4 heteroatoms. The average molecular weight is 324 g/mol. The highest BCUT2D eigenvalue weighted by Gasteiger charge is 2.04. The van der Waals surface area contributed by atoms with Crippen LogP contribution in [-0.2, 0) is 17.2 Å². The Hall–Kier alpha value is -1.13. The Morgan fingerprint density at radius 3 is 2.50 bits per heavy atom. The fourth-order valence-electron chi connectivity index (χ4n) is 1.62. The molecule has 1 atom stereocenters. The predicted molar refractivity (Wildman–Crippen MR) is 80.0 cm³/mol. The molecule has 0 aliphatic carbocycles. The maximum Gasteiger partial charge on any atom is 0.0533 e. The average Bonchev–Trinajstić information content (AvgIpc) is 2.38. The second kappa shape index (κ2) is 6.16. The summed E-state index contributed by atoms with van der Waals surface area (Å²) in [5.74, 6) is 0.625. The number of nitrogen functional groups attached to an aromatic ring is 1. The molecule has 2 aromatic rings. The second-order valence-electron chi connectivity index (χ2n) is 4.00. The summed E-state index contributed by atoms with van der Waals surface area (Å²) in [5, 5.41) is 0. The van der Waals surface area contributed by atoms with Crippen molar-refractivity contribution < 1.29 is 4.21 Å². The van der Waals surface area contributed by atoms with Crippen LogP contribution in [0.15, 0.2) is 57.9 Å². The molecule has 18 heavy (non-hydrogen) atoms. The van der Waals surface area contributed by atoms with Crippen molar-refractivity contribution in [2.24, 2.45) is 0 Å². The highest BCUT2D eigenvalue weighted by molar-refractivity contribution is 9.10. The van der Waals surface area contributed by atoms with Gasteiger partial charge in [0.15, 0.2) is 0 Å². The first-order valence-electron chi connectivity index (χ1n) is 5.63. The molecule has 0 amide bonds. The zero-order valence-corrected chi connectivity index (χ0v) is 12.2. The Bertz CT molecular complexity index is 554. The molecule has 0 bridgehead atoms. The lowest BCUT2D eigenvalue weighted by atomic mass is 10.2. The number of hydrogen-bond donors (Lipinski definition) is 1. The van der Waals surface area contributed by atoms with E-state index < -0.39 is 10.8 Å². The number of hydrogen-bond acceptors (Lipinski definition) is 2. The number of rotatable bonds is 4. The van der Waals surface area contributed by atoms with Gasteiger partial charge in [0.25, 0.3) is 0 Å². The minimum absolute atomic E-state index is 0.625.